The van der Waals surface area contributed by atoms with Crippen molar-refractivity contribution in [2.45, 2.75) is 6.54 Å². The molecule has 0 fully saturated rings. The number of hydrogen-bond acceptors (Lipinski definition) is 6. The van der Waals surface area contributed by atoms with Gasteiger partial charge >= 0.3 is 0 Å². The van der Waals surface area contributed by atoms with Gasteiger partial charge in [0.15, 0.2) is 0 Å². The highest BCUT2D eigenvalue weighted by Gasteiger charge is 2.25. The van der Waals surface area contributed by atoms with Gasteiger partial charge in [0.2, 0.25) is 0 Å². The summed E-state index contributed by atoms with van der Waals surface area (Å²) in [5.74, 6) is 0.140. The topological polar surface area (TPSA) is 107 Å². The van der Waals surface area contributed by atoms with Gasteiger partial charge in [0.05, 0.1) is 29.0 Å². The molecule has 0 radical (unpaired) electrons. The number of rotatable bonds is 3. The minimum absolute atomic E-state index is 0.120. The number of benzene rings is 2. The van der Waals surface area contributed by atoms with Crippen LogP contribution in [-0.4, -0.2) is 26.9 Å². The number of phenols is 1. The Bertz CT molecular complexity index is 1350. The number of amides is 2. The Morgan fingerprint density at radius 1 is 0.939 bits per heavy atom. The molecule has 8 heteroatoms. The molecule has 0 bridgehead atoms. The van der Waals surface area contributed by atoms with Gasteiger partial charge in [0.1, 0.15) is 17.4 Å². The molecule has 1 aliphatic heterocycles. The zero-order valence-corrected chi connectivity index (χ0v) is 17.4. The van der Waals surface area contributed by atoms with Gasteiger partial charge in [-0.25, -0.2) is 9.97 Å². The van der Waals surface area contributed by atoms with E-state index in [9.17, 15) is 14.7 Å². The lowest BCUT2D eigenvalue weighted by Gasteiger charge is -2.22. The molecule has 8 nitrogen and oxygen atoms in total. The summed E-state index contributed by atoms with van der Waals surface area (Å²) in [5, 5.41) is 15.8. The number of anilines is 4. The van der Waals surface area contributed by atoms with Crippen molar-refractivity contribution in [1.82, 2.24) is 9.97 Å². The van der Waals surface area contributed by atoms with Gasteiger partial charge in [0.25, 0.3) is 11.8 Å². The van der Waals surface area contributed by atoms with Gasteiger partial charge in [-0.1, -0.05) is 30.3 Å². The lowest BCUT2D eigenvalue weighted by Crippen LogP contribution is -2.30. The van der Waals surface area contributed by atoms with Crippen LogP contribution in [0.25, 0.3) is 0 Å². The van der Waals surface area contributed by atoms with Crippen LogP contribution >= 0.6 is 0 Å². The van der Waals surface area contributed by atoms with E-state index in [1.54, 1.807) is 35.4 Å². The molecule has 0 unspecified atom stereocenters. The Hall–Kier alpha value is -4.72. The van der Waals surface area contributed by atoms with E-state index in [1.165, 1.54) is 18.3 Å². The Labute approximate surface area is 189 Å². The van der Waals surface area contributed by atoms with Crippen molar-refractivity contribution in [3.63, 3.8) is 0 Å². The molecule has 0 atom stereocenters. The molecule has 2 aromatic carbocycles. The molecule has 0 saturated carbocycles. The summed E-state index contributed by atoms with van der Waals surface area (Å²) in [6, 6.07) is 20.7. The molecule has 2 amide bonds. The van der Waals surface area contributed by atoms with E-state index in [0.29, 0.717) is 17.9 Å². The van der Waals surface area contributed by atoms with E-state index < -0.39 is 5.91 Å². The van der Waals surface area contributed by atoms with E-state index >= 15 is 0 Å². The van der Waals surface area contributed by atoms with Crippen LogP contribution in [0.2, 0.25) is 0 Å². The van der Waals surface area contributed by atoms with E-state index in [1.807, 2.05) is 36.4 Å². The van der Waals surface area contributed by atoms with E-state index in [-0.39, 0.29) is 23.0 Å². The Balaban J connectivity index is 1.40. The molecule has 1 aliphatic rings. The van der Waals surface area contributed by atoms with E-state index in [0.717, 1.165) is 16.9 Å². The van der Waals surface area contributed by atoms with Crippen molar-refractivity contribution in [2.24, 2.45) is 0 Å². The first-order chi connectivity index (χ1) is 16.1. The van der Waals surface area contributed by atoms with Crippen molar-refractivity contribution < 1.29 is 14.7 Å². The molecule has 0 aliphatic carbocycles. The molecule has 3 N–H and O–H groups in total. The maximum absolute atomic E-state index is 13.4. The lowest BCUT2D eigenvalue weighted by molar-refractivity contribution is 0.0984. The summed E-state index contributed by atoms with van der Waals surface area (Å²) in [5.41, 5.74) is 2.92. The normalized spacial score (nSPS) is 12.1. The van der Waals surface area contributed by atoms with Crippen LogP contribution < -0.4 is 15.5 Å². The summed E-state index contributed by atoms with van der Waals surface area (Å²) >= 11 is 0. The number of hydrogen-bond donors (Lipinski definition) is 3. The maximum Gasteiger partial charge on any atom is 0.260 e. The summed E-state index contributed by atoms with van der Waals surface area (Å²) in [6.45, 7) is 0.345. The second kappa shape index (κ2) is 8.43. The number of para-hydroxylation sites is 3. The van der Waals surface area contributed by atoms with Gasteiger partial charge in [0, 0.05) is 18.0 Å². The van der Waals surface area contributed by atoms with E-state index in [2.05, 4.69) is 20.6 Å². The Morgan fingerprint density at radius 2 is 1.76 bits per heavy atom. The zero-order valence-electron chi connectivity index (χ0n) is 17.4. The number of fused-ring (bicyclic) bond motifs is 2. The van der Waals surface area contributed by atoms with Crippen LogP contribution in [0, 0.1) is 0 Å². The van der Waals surface area contributed by atoms with Crippen LogP contribution in [0.3, 0.4) is 0 Å². The van der Waals surface area contributed by atoms with Gasteiger partial charge in [-0.05, 0) is 42.5 Å². The summed E-state index contributed by atoms with van der Waals surface area (Å²) in [4.78, 5) is 36.1. The first kappa shape index (κ1) is 20.2. The van der Waals surface area contributed by atoms with Crippen molar-refractivity contribution in [2.75, 3.05) is 15.5 Å². The number of aromatic hydroxyl groups is 1. The number of nitrogens with one attached hydrogen (secondary N) is 2. The maximum atomic E-state index is 13.4. The quantitative estimate of drug-likeness (QED) is 0.440. The molecule has 4 aromatic rings. The summed E-state index contributed by atoms with van der Waals surface area (Å²) in [7, 11) is 0. The van der Waals surface area contributed by atoms with Gasteiger partial charge in [-0.15, -0.1) is 0 Å². The van der Waals surface area contributed by atoms with Gasteiger partial charge in [-0.2, -0.15) is 0 Å². The molecular formula is C25H19N5O3. The summed E-state index contributed by atoms with van der Waals surface area (Å²) < 4.78 is 0. The predicted molar refractivity (Wildman–Crippen MR) is 125 cm³/mol. The first-order valence-electron chi connectivity index (χ1n) is 10.3. The Morgan fingerprint density at radius 3 is 2.58 bits per heavy atom. The molecule has 5 rings (SSSR count). The highest BCUT2D eigenvalue weighted by Crippen LogP contribution is 2.35. The van der Waals surface area contributed by atoms with Crippen LogP contribution in [0.5, 0.6) is 5.75 Å². The number of pyridine rings is 2. The molecule has 3 heterocycles. The van der Waals surface area contributed by atoms with Crippen molar-refractivity contribution in [3.8, 4) is 5.75 Å². The number of aromatic nitrogens is 2. The standard InChI is InChI=1S/C25H19N5O3/c31-21-10-4-1-7-18(21)24(32)29-22-12-11-16(14-27-22)25(33)30-15-17-6-5-13-26-23(17)28-19-8-2-3-9-20(19)30/h1-14,31H,15H2,(H,26,28)(H,27,29,32). The largest absolute Gasteiger partial charge is 0.507 e. The van der Waals surface area contributed by atoms with Crippen LogP contribution in [0.15, 0.2) is 85.2 Å². The molecule has 2 aromatic heterocycles. The third-order valence-corrected chi connectivity index (χ3v) is 5.31. The fraction of sp³-hybridized carbons (Fsp3) is 0.0400. The van der Waals surface area contributed by atoms with E-state index in [4.69, 9.17) is 0 Å². The molecule has 0 spiro atoms. The summed E-state index contributed by atoms with van der Waals surface area (Å²) in [6.07, 6.45) is 3.13. The first-order valence-corrected chi connectivity index (χ1v) is 10.3. The highest BCUT2D eigenvalue weighted by molar-refractivity contribution is 6.09. The third kappa shape index (κ3) is 3.97. The number of carbonyl (C=O) groups excluding carboxylic acids is 2. The fourth-order valence-electron chi connectivity index (χ4n) is 3.66. The van der Waals surface area contributed by atoms with Crippen molar-refractivity contribution >= 4 is 34.8 Å². The number of phenolic OH excluding ortho intramolecular Hbond substituents is 1. The van der Waals surface area contributed by atoms with Gasteiger partial charge < -0.3 is 20.6 Å². The molecule has 33 heavy (non-hydrogen) atoms. The second-order valence-electron chi connectivity index (χ2n) is 7.45. The number of carbonyl (C=O) groups is 2. The average Bonchev–Trinajstić information content (AvgIpc) is 3.01. The van der Waals surface area contributed by atoms with Crippen LogP contribution in [0.1, 0.15) is 26.3 Å². The number of nitrogens with zero attached hydrogens (tertiary/aromatic N) is 3. The molecular weight excluding hydrogens is 418 g/mol. The third-order valence-electron chi connectivity index (χ3n) is 5.31. The minimum Gasteiger partial charge on any atom is -0.507 e. The second-order valence-corrected chi connectivity index (χ2v) is 7.45. The molecule has 162 valence electrons. The van der Waals surface area contributed by atoms with Crippen LogP contribution in [0.4, 0.5) is 23.0 Å². The monoisotopic (exact) mass is 437 g/mol. The minimum atomic E-state index is -0.490. The van der Waals surface area contributed by atoms with Crippen LogP contribution in [-0.2, 0) is 6.54 Å². The zero-order chi connectivity index (χ0) is 22.8. The fourth-order valence-corrected chi connectivity index (χ4v) is 3.66. The lowest BCUT2D eigenvalue weighted by atomic mass is 10.1. The molecule has 0 saturated heterocycles. The van der Waals surface area contributed by atoms with Crippen molar-refractivity contribution in [3.05, 3.63) is 102 Å². The average molecular weight is 437 g/mol. The van der Waals surface area contributed by atoms with Crippen molar-refractivity contribution in [1.29, 1.82) is 0 Å². The smallest absolute Gasteiger partial charge is 0.260 e. The Kier molecular flexibility index (Phi) is 5.16. The SMILES string of the molecule is O=C(Nc1ccc(C(=O)N2Cc3cccnc3Nc3ccccc32)cn1)c1ccccc1O. The predicted octanol–water partition coefficient (Wildman–Crippen LogP) is 4.34. The van der Waals surface area contributed by atoms with Gasteiger partial charge in [-0.3, -0.25) is 9.59 Å². The highest BCUT2D eigenvalue weighted by atomic mass is 16.3.